The van der Waals surface area contributed by atoms with Crippen LogP contribution < -0.4 is 4.72 Å². The topological polar surface area (TPSA) is 59.1 Å². The average molecular weight is 346 g/mol. The third kappa shape index (κ3) is 3.23. The maximum Gasteiger partial charge on any atom is 0.263 e. The second kappa shape index (κ2) is 5.94. The minimum absolute atomic E-state index is 0.289. The highest BCUT2D eigenvalue weighted by molar-refractivity contribution is 7.93. The number of aromatic nitrogens is 1. The van der Waals surface area contributed by atoms with Crippen molar-refractivity contribution in [2.24, 2.45) is 0 Å². The lowest BCUT2D eigenvalue weighted by Crippen LogP contribution is -2.14. The number of nitrogens with zero attached hydrogens (tertiary/aromatic N) is 1. The number of hydrogen-bond donors (Lipinski definition) is 1. The van der Waals surface area contributed by atoms with E-state index < -0.39 is 10.0 Å². The van der Waals surface area contributed by atoms with Crippen LogP contribution >= 0.6 is 11.3 Å². The van der Waals surface area contributed by atoms with Crippen LogP contribution in [0.15, 0.2) is 41.3 Å². The highest BCUT2D eigenvalue weighted by atomic mass is 32.2. The number of hydrogen-bond acceptors (Lipinski definition) is 4. The summed E-state index contributed by atoms with van der Waals surface area (Å²) in [6.45, 7) is 5.83. The third-order valence-corrected chi connectivity index (χ3v) is 6.26. The molecule has 0 saturated carbocycles. The van der Waals surface area contributed by atoms with Crippen LogP contribution in [0.4, 0.5) is 5.13 Å². The first kappa shape index (κ1) is 16.0. The van der Waals surface area contributed by atoms with Gasteiger partial charge >= 0.3 is 0 Å². The SMILES string of the molecule is CCc1ccc2nc(NS(=O)(=O)c3ccc(C)cc3C)sc2c1. The first-order chi connectivity index (χ1) is 10.9. The summed E-state index contributed by atoms with van der Waals surface area (Å²) in [5, 5.41) is 0.397. The van der Waals surface area contributed by atoms with Crippen molar-refractivity contribution in [1.82, 2.24) is 4.98 Å². The first-order valence-electron chi connectivity index (χ1n) is 7.38. The molecule has 0 aliphatic carbocycles. The van der Waals surface area contributed by atoms with Gasteiger partial charge in [0.15, 0.2) is 5.13 Å². The number of rotatable bonds is 4. The zero-order valence-corrected chi connectivity index (χ0v) is 14.9. The van der Waals surface area contributed by atoms with Crippen molar-refractivity contribution in [1.29, 1.82) is 0 Å². The Morgan fingerprint density at radius 2 is 1.91 bits per heavy atom. The molecule has 3 aromatic rings. The minimum atomic E-state index is -3.63. The molecule has 0 aliphatic rings. The molecule has 120 valence electrons. The van der Waals surface area contributed by atoms with Gasteiger partial charge in [-0.3, -0.25) is 4.72 Å². The summed E-state index contributed by atoms with van der Waals surface area (Å²) < 4.78 is 28.8. The molecule has 0 spiro atoms. The highest BCUT2D eigenvalue weighted by Gasteiger charge is 2.18. The summed E-state index contributed by atoms with van der Waals surface area (Å²) in [5.41, 5.74) is 3.79. The van der Waals surface area contributed by atoms with Gasteiger partial charge in [-0.2, -0.15) is 0 Å². The Morgan fingerprint density at radius 1 is 1.13 bits per heavy atom. The summed E-state index contributed by atoms with van der Waals surface area (Å²) in [6.07, 6.45) is 0.942. The smallest absolute Gasteiger partial charge is 0.255 e. The van der Waals surface area contributed by atoms with Gasteiger partial charge in [0.05, 0.1) is 15.1 Å². The molecule has 0 radical (unpaired) electrons. The van der Waals surface area contributed by atoms with Crippen molar-refractivity contribution < 1.29 is 8.42 Å². The van der Waals surface area contributed by atoms with Gasteiger partial charge in [0.1, 0.15) is 0 Å². The van der Waals surface area contributed by atoms with E-state index in [9.17, 15) is 8.42 Å². The fourth-order valence-corrected chi connectivity index (χ4v) is 4.90. The molecule has 2 aromatic carbocycles. The Kier molecular flexibility index (Phi) is 4.12. The zero-order valence-electron chi connectivity index (χ0n) is 13.3. The predicted octanol–water partition coefficient (Wildman–Crippen LogP) is 4.28. The van der Waals surface area contributed by atoms with E-state index in [1.807, 2.05) is 25.1 Å². The molecule has 0 bridgehead atoms. The van der Waals surface area contributed by atoms with Gasteiger partial charge < -0.3 is 0 Å². The van der Waals surface area contributed by atoms with E-state index >= 15 is 0 Å². The molecule has 23 heavy (non-hydrogen) atoms. The summed E-state index contributed by atoms with van der Waals surface area (Å²) >= 11 is 1.36. The molecule has 0 amide bonds. The number of aryl methyl sites for hydroxylation is 3. The number of sulfonamides is 1. The van der Waals surface area contributed by atoms with Crippen LogP contribution in [0.5, 0.6) is 0 Å². The molecule has 0 fully saturated rings. The monoisotopic (exact) mass is 346 g/mol. The van der Waals surface area contributed by atoms with E-state index in [0.717, 1.165) is 27.8 Å². The van der Waals surface area contributed by atoms with Gasteiger partial charge in [0.2, 0.25) is 0 Å². The molecule has 0 aliphatic heterocycles. The molecule has 1 N–H and O–H groups in total. The van der Waals surface area contributed by atoms with Crippen LogP contribution in [0.2, 0.25) is 0 Å². The summed E-state index contributed by atoms with van der Waals surface area (Å²) in [7, 11) is -3.63. The minimum Gasteiger partial charge on any atom is -0.255 e. The van der Waals surface area contributed by atoms with Gasteiger partial charge in [-0.1, -0.05) is 42.0 Å². The van der Waals surface area contributed by atoms with Crippen molar-refractivity contribution >= 4 is 36.7 Å². The molecule has 1 aromatic heterocycles. The van der Waals surface area contributed by atoms with E-state index in [2.05, 4.69) is 22.7 Å². The van der Waals surface area contributed by atoms with Crippen LogP contribution in [-0.2, 0) is 16.4 Å². The van der Waals surface area contributed by atoms with Crippen LogP contribution in [0.3, 0.4) is 0 Å². The number of thiazole rings is 1. The van der Waals surface area contributed by atoms with E-state index in [1.54, 1.807) is 19.1 Å². The Morgan fingerprint density at radius 3 is 2.61 bits per heavy atom. The normalized spacial score (nSPS) is 11.8. The van der Waals surface area contributed by atoms with E-state index in [0.29, 0.717) is 5.13 Å². The van der Waals surface area contributed by atoms with Gasteiger partial charge in [-0.15, -0.1) is 0 Å². The molecule has 6 heteroatoms. The van der Waals surface area contributed by atoms with Crippen LogP contribution in [0.25, 0.3) is 10.2 Å². The summed E-state index contributed by atoms with van der Waals surface area (Å²) in [4.78, 5) is 4.66. The summed E-state index contributed by atoms with van der Waals surface area (Å²) in [6, 6.07) is 11.3. The van der Waals surface area contributed by atoms with E-state index in [4.69, 9.17) is 0 Å². The highest BCUT2D eigenvalue weighted by Crippen LogP contribution is 2.29. The molecular formula is C17H18N2O2S2. The van der Waals surface area contributed by atoms with Crippen molar-refractivity contribution in [3.05, 3.63) is 53.1 Å². The summed E-state index contributed by atoms with van der Waals surface area (Å²) in [5.74, 6) is 0. The van der Waals surface area contributed by atoms with Gasteiger partial charge in [-0.05, 0) is 49.6 Å². The molecule has 1 heterocycles. The van der Waals surface area contributed by atoms with Crippen molar-refractivity contribution in [2.75, 3.05) is 4.72 Å². The number of anilines is 1. The Hall–Kier alpha value is -1.92. The van der Waals surface area contributed by atoms with Crippen LogP contribution in [-0.4, -0.2) is 13.4 Å². The second-order valence-corrected chi connectivity index (χ2v) is 8.23. The molecule has 4 nitrogen and oxygen atoms in total. The Bertz CT molecular complexity index is 975. The number of benzene rings is 2. The average Bonchev–Trinajstić information content (AvgIpc) is 2.86. The largest absolute Gasteiger partial charge is 0.263 e. The molecule has 0 atom stereocenters. The second-order valence-electron chi connectivity index (χ2n) is 5.55. The zero-order chi connectivity index (χ0) is 16.6. The van der Waals surface area contributed by atoms with E-state index in [1.165, 1.54) is 16.9 Å². The molecule has 0 saturated heterocycles. The van der Waals surface area contributed by atoms with Gasteiger partial charge in [0.25, 0.3) is 10.0 Å². The van der Waals surface area contributed by atoms with Crippen molar-refractivity contribution in [2.45, 2.75) is 32.1 Å². The Balaban J connectivity index is 1.96. The molecular weight excluding hydrogens is 328 g/mol. The molecule has 3 rings (SSSR count). The third-order valence-electron chi connectivity index (χ3n) is 3.70. The standard InChI is InChI=1S/C17H18N2O2S2/c1-4-13-6-7-14-15(10-13)22-17(18-14)19-23(20,21)16-8-5-11(2)9-12(16)3/h5-10H,4H2,1-3H3,(H,18,19). The van der Waals surface area contributed by atoms with Crippen molar-refractivity contribution in [3.63, 3.8) is 0 Å². The Labute approximate surface area is 140 Å². The lowest BCUT2D eigenvalue weighted by atomic mass is 10.2. The van der Waals surface area contributed by atoms with E-state index in [-0.39, 0.29) is 4.90 Å². The van der Waals surface area contributed by atoms with Crippen LogP contribution in [0.1, 0.15) is 23.6 Å². The fraction of sp³-hybridized carbons (Fsp3) is 0.235. The quantitative estimate of drug-likeness (QED) is 0.767. The molecule has 0 unspecified atom stereocenters. The van der Waals surface area contributed by atoms with Crippen molar-refractivity contribution in [3.8, 4) is 0 Å². The van der Waals surface area contributed by atoms with Gasteiger partial charge in [-0.25, -0.2) is 13.4 Å². The maximum atomic E-state index is 12.6. The maximum absolute atomic E-state index is 12.6. The number of fused-ring (bicyclic) bond motifs is 1. The number of nitrogens with one attached hydrogen (secondary N) is 1. The lowest BCUT2D eigenvalue weighted by Gasteiger charge is -2.08. The van der Waals surface area contributed by atoms with Crippen LogP contribution in [0, 0.1) is 13.8 Å². The first-order valence-corrected chi connectivity index (χ1v) is 9.68. The lowest BCUT2D eigenvalue weighted by molar-refractivity contribution is 0.600. The fourth-order valence-electron chi connectivity index (χ4n) is 2.50. The van der Waals surface area contributed by atoms with Gasteiger partial charge in [0, 0.05) is 0 Å². The predicted molar refractivity (Wildman–Crippen MR) is 95.7 cm³/mol.